The summed E-state index contributed by atoms with van der Waals surface area (Å²) in [6.07, 6.45) is 0.156. The highest BCUT2D eigenvalue weighted by molar-refractivity contribution is 5.74. The summed E-state index contributed by atoms with van der Waals surface area (Å²) in [5, 5.41) is 37.9. The van der Waals surface area contributed by atoms with Crippen molar-refractivity contribution in [2.24, 2.45) is 5.73 Å². The molecule has 1 heterocycles. The van der Waals surface area contributed by atoms with Gasteiger partial charge in [-0.15, -0.1) is 0 Å². The molecule has 0 saturated carbocycles. The van der Waals surface area contributed by atoms with Crippen molar-refractivity contribution in [3.63, 3.8) is 0 Å². The average Bonchev–Trinajstić information content (AvgIpc) is 2.86. The van der Waals surface area contributed by atoms with E-state index in [-0.39, 0.29) is 83.8 Å². The molecular weight excluding hydrogens is 550 g/mol. The van der Waals surface area contributed by atoms with Gasteiger partial charge in [-0.2, -0.15) is 0 Å². The van der Waals surface area contributed by atoms with Crippen molar-refractivity contribution in [2.75, 3.05) is 72.0 Å². The molecule has 1 aromatic rings. The van der Waals surface area contributed by atoms with Crippen molar-refractivity contribution in [1.82, 2.24) is 19.6 Å². The van der Waals surface area contributed by atoms with Gasteiger partial charge in [-0.05, 0) is 22.1 Å². The van der Waals surface area contributed by atoms with Crippen LogP contribution >= 0.6 is 0 Å². The Labute approximate surface area is 245 Å². The molecule has 6 N–H and O–H groups in total. The van der Waals surface area contributed by atoms with Crippen molar-refractivity contribution in [1.29, 1.82) is 0 Å². The van der Waals surface area contributed by atoms with E-state index in [1.165, 1.54) is 0 Å². The summed E-state index contributed by atoms with van der Waals surface area (Å²) < 4.78 is 0. The third-order valence-corrected chi connectivity index (χ3v) is 7.36. The Kier molecular flexibility index (Phi) is 12.6. The molecule has 1 unspecified atom stereocenters. The van der Waals surface area contributed by atoms with E-state index in [4.69, 9.17) is 5.73 Å². The van der Waals surface area contributed by atoms with Gasteiger partial charge >= 0.3 is 23.9 Å². The van der Waals surface area contributed by atoms with Crippen LogP contribution in [0.1, 0.15) is 37.5 Å². The molecule has 2 rings (SSSR count). The van der Waals surface area contributed by atoms with E-state index >= 15 is 0 Å². The standard InChI is InChI=1S/C28H43N5O9/c1-27(2,3)21-4-5-22(20(14-21)15-23(35)36)28(29,19-34)33-12-10-31(17-25(39)40)8-6-30(16-24(37)38)7-9-32(11-13-33)18-26(41)42/h4-5,14,19H,6-13,15-18,29H2,1-3H3,(H,35,36)(H,37,38)(H,39,40)(H,41,42). The molecule has 1 aliphatic rings. The van der Waals surface area contributed by atoms with Gasteiger partial charge in [0.05, 0.1) is 26.1 Å². The highest BCUT2D eigenvalue weighted by Crippen LogP contribution is 2.31. The maximum Gasteiger partial charge on any atom is 0.317 e. The first-order valence-corrected chi connectivity index (χ1v) is 13.7. The number of carbonyl (C=O) groups excluding carboxylic acids is 1. The Morgan fingerprint density at radius 1 is 0.738 bits per heavy atom. The van der Waals surface area contributed by atoms with Gasteiger partial charge in [0.2, 0.25) is 0 Å². The highest BCUT2D eigenvalue weighted by atomic mass is 16.4. The van der Waals surface area contributed by atoms with E-state index in [1.807, 2.05) is 20.8 Å². The molecule has 14 heteroatoms. The number of carbonyl (C=O) groups is 5. The lowest BCUT2D eigenvalue weighted by molar-refractivity contribution is -0.141. The molecule has 14 nitrogen and oxygen atoms in total. The Bertz CT molecular complexity index is 1110. The summed E-state index contributed by atoms with van der Waals surface area (Å²) in [5.41, 5.74) is 6.21. The molecule has 1 fully saturated rings. The predicted molar refractivity (Wildman–Crippen MR) is 152 cm³/mol. The first kappa shape index (κ1) is 34.8. The number of nitrogens with two attached hydrogens (primary N) is 1. The molecule has 234 valence electrons. The molecule has 0 bridgehead atoms. The van der Waals surface area contributed by atoms with Crippen LogP contribution < -0.4 is 5.73 Å². The van der Waals surface area contributed by atoms with E-state index in [9.17, 15) is 44.4 Å². The first-order valence-electron chi connectivity index (χ1n) is 13.7. The fourth-order valence-electron chi connectivity index (χ4n) is 5.02. The molecule has 1 saturated heterocycles. The van der Waals surface area contributed by atoms with E-state index in [0.717, 1.165) is 5.56 Å². The smallest absolute Gasteiger partial charge is 0.317 e. The maximum absolute atomic E-state index is 12.8. The van der Waals surface area contributed by atoms with Gasteiger partial charge < -0.3 is 26.2 Å². The molecule has 1 atom stereocenters. The van der Waals surface area contributed by atoms with Gasteiger partial charge in [-0.1, -0.05) is 39.0 Å². The third-order valence-electron chi connectivity index (χ3n) is 7.36. The summed E-state index contributed by atoms with van der Waals surface area (Å²) >= 11 is 0. The van der Waals surface area contributed by atoms with E-state index in [1.54, 1.807) is 37.8 Å². The lowest BCUT2D eigenvalue weighted by atomic mass is 9.82. The number of hydrogen-bond acceptors (Lipinski definition) is 10. The second-order valence-electron chi connectivity index (χ2n) is 11.6. The van der Waals surface area contributed by atoms with Crippen LogP contribution in [0.15, 0.2) is 18.2 Å². The SMILES string of the molecule is CC(C)(C)c1ccc(C(N)(C=O)N2CCN(CC(=O)O)CCN(CC(=O)O)CCN(CC(=O)O)CC2)c(CC(=O)O)c1. The second-order valence-corrected chi connectivity index (χ2v) is 11.6. The number of hydrogen-bond donors (Lipinski definition) is 5. The Morgan fingerprint density at radius 2 is 1.14 bits per heavy atom. The predicted octanol–water partition coefficient (Wildman–Crippen LogP) is -0.603. The van der Waals surface area contributed by atoms with Gasteiger partial charge in [0, 0.05) is 52.4 Å². The van der Waals surface area contributed by atoms with Crippen LogP contribution in [-0.2, 0) is 41.5 Å². The Hall–Kier alpha value is -3.43. The van der Waals surface area contributed by atoms with Crippen molar-refractivity contribution in [3.05, 3.63) is 34.9 Å². The minimum Gasteiger partial charge on any atom is -0.481 e. The number of benzene rings is 1. The monoisotopic (exact) mass is 593 g/mol. The number of aliphatic carboxylic acids is 4. The summed E-state index contributed by atoms with van der Waals surface area (Å²) in [5.74, 6) is -4.32. The minimum absolute atomic E-state index is 0.0932. The molecule has 1 aromatic carbocycles. The third kappa shape index (κ3) is 10.4. The van der Waals surface area contributed by atoms with Crippen LogP contribution in [0.5, 0.6) is 0 Å². The van der Waals surface area contributed by atoms with E-state index in [0.29, 0.717) is 17.4 Å². The zero-order valence-electron chi connectivity index (χ0n) is 24.5. The first-order chi connectivity index (χ1) is 19.5. The minimum atomic E-state index is -1.80. The molecular formula is C28H43N5O9. The zero-order chi connectivity index (χ0) is 31.7. The number of carboxylic acid groups (broad SMARTS) is 4. The van der Waals surface area contributed by atoms with Gasteiger partial charge in [-0.25, -0.2) is 0 Å². The number of nitrogens with zero attached hydrogens (tertiary/aromatic N) is 4. The number of carboxylic acids is 4. The summed E-state index contributed by atoms with van der Waals surface area (Å²) in [4.78, 5) is 65.7. The quantitative estimate of drug-likeness (QED) is 0.203. The number of rotatable bonds is 11. The topological polar surface area (TPSA) is 205 Å². The fourth-order valence-corrected chi connectivity index (χ4v) is 5.02. The summed E-state index contributed by atoms with van der Waals surface area (Å²) in [7, 11) is 0. The van der Waals surface area contributed by atoms with Crippen molar-refractivity contribution >= 4 is 30.2 Å². The van der Waals surface area contributed by atoms with Crippen LogP contribution in [0.3, 0.4) is 0 Å². The Balaban J connectivity index is 2.55. The summed E-state index contributed by atoms with van der Waals surface area (Å²) in [6.45, 7) is 6.31. The maximum atomic E-state index is 12.8. The van der Waals surface area contributed by atoms with Crippen LogP contribution in [0.4, 0.5) is 0 Å². The van der Waals surface area contributed by atoms with E-state index in [2.05, 4.69) is 0 Å². The van der Waals surface area contributed by atoms with Crippen LogP contribution in [0, 0.1) is 0 Å². The molecule has 0 aromatic heterocycles. The molecule has 1 aliphatic heterocycles. The fraction of sp³-hybridized carbons (Fsp3) is 0.607. The van der Waals surface area contributed by atoms with Crippen LogP contribution in [-0.4, -0.2) is 142 Å². The van der Waals surface area contributed by atoms with Crippen LogP contribution in [0.2, 0.25) is 0 Å². The Morgan fingerprint density at radius 3 is 1.48 bits per heavy atom. The number of aldehydes is 1. The van der Waals surface area contributed by atoms with Crippen molar-refractivity contribution in [3.8, 4) is 0 Å². The molecule has 0 spiro atoms. The highest BCUT2D eigenvalue weighted by Gasteiger charge is 2.38. The largest absolute Gasteiger partial charge is 0.481 e. The summed E-state index contributed by atoms with van der Waals surface area (Å²) in [6, 6.07) is 5.18. The molecule has 0 aliphatic carbocycles. The molecule has 42 heavy (non-hydrogen) atoms. The molecule has 0 amide bonds. The van der Waals surface area contributed by atoms with E-state index < -0.39 is 29.5 Å². The van der Waals surface area contributed by atoms with Gasteiger partial charge in [0.25, 0.3) is 0 Å². The normalized spacial score (nSPS) is 18.8. The zero-order valence-corrected chi connectivity index (χ0v) is 24.5. The lowest BCUT2D eigenvalue weighted by Crippen LogP contribution is -2.59. The van der Waals surface area contributed by atoms with Crippen molar-refractivity contribution in [2.45, 2.75) is 38.3 Å². The van der Waals surface area contributed by atoms with Crippen molar-refractivity contribution < 1.29 is 44.4 Å². The van der Waals surface area contributed by atoms with Gasteiger partial charge in [0.15, 0.2) is 11.9 Å². The van der Waals surface area contributed by atoms with Crippen LogP contribution in [0.25, 0.3) is 0 Å². The molecule has 0 radical (unpaired) electrons. The van der Waals surface area contributed by atoms with Gasteiger partial charge in [-0.3, -0.25) is 43.6 Å². The second kappa shape index (κ2) is 15.2. The lowest BCUT2D eigenvalue weighted by Gasteiger charge is -2.41. The average molecular weight is 594 g/mol. The van der Waals surface area contributed by atoms with Gasteiger partial charge in [0.1, 0.15) is 0 Å².